The van der Waals surface area contributed by atoms with Gasteiger partial charge < -0.3 is 19.7 Å². The topological polar surface area (TPSA) is 67.9 Å². The molecule has 0 aromatic heterocycles. The third-order valence-electron chi connectivity index (χ3n) is 5.95. The van der Waals surface area contributed by atoms with Crippen molar-refractivity contribution in [3.05, 3.63) is 95.3 Å². The van der Waals surface area contributed by atoms with Crippen LogP contribution in [0.25, 0.3) is 0 Å². The summed E-state index contributed by atoms with van der Waals surface area (Å²) in [5.41, 5.74) is 2.68. The molecule has 0 bridgehead atoms. The number of carbonyl (C=O) groups is 2. The summed E-state index contributed by atoms with van der Waals surface area (Å²) >= 11 is 0. The van der Waals surface area contributed by atoms with Crippen LogP contribution in [0.3, 0.4) is 0 Å². The smallest absolute Gasteiger partial charge is 0.258 e. The molecule has 4 rings (SSSR count). The Morgan fingerprint density at radius 1 is 1.06 bits per heavy atom. The molecule has 6 nitrogen and oxygen atoms in total. The molecule has 1 fully saturated rings. The molecule has 182 valence electrons. The number of nitrogens with one attached hydrogen (secondary N) is 1. The lowest BCUT2D eigenvalue weighted by Gasteiger charge is -2.24. The Bertz CT molecular complexity index is 1160. The molecule has 3 aromatic rings. The van der Waals surface area contributed by atoms with Crippen LogP contribution < -0.4 is 15.0 Å². The molecule has 3 aromatic carbocycles. The van der Waals surface area contributed by atoms with E-state index in [2.05, 4.69) is 5.32 Å². The summed E-state index contributed by atoms with van der Waals surface area (Å²) in [6.07, 6.45) is 2.25. The molecule has 0 spiro atoms. The van der Waals surface area contributed by atoms with Gasteiger partial charge in [0.15, 0.2) is 0 Å². The van der Waals surface area contributed by atoms with Crippen molar-refractivity contribution in [2.75, 3.05) is 25.2 Å². The second kappa shape index (κ2) is 11.6. The van der Waals surface area contributed by atoms with Crippen molar-refractivity contribution in [1.29, 1.82) is 0 Å². The first-order chi connectivity index (χ1) is 17.0. The molecule has 0 saturated carbocycles. The van der Waals surface area contributed by atoms with Crippen LogP contribution in [0.5, 0.6) is 5.75 Å². The Morgan fingerprint density at radius 2 is 1.86 bits per heavy atom. The fourth-order valence-corrected chi connectivity index (χ4v) is 4.08. The van der Waals surface area contributed by atoms with Gasteiger partial charge in [0.25, 0.3) is 5.91 Å². The maximum absolute atomic E-state index is 13.6. The lowest BCUT2D eigenvalue weighted by atomic mass is 10.1. The zero-order chi connectivity index (χ0) is 24.6. The summed E-state index contributed by atoms with van der Waals surface area (Å²) in [6.45, 7) is 1.49. The van der Waals surface area contributed by atoms with Crippen LogP contribution in [-0.2, 0) is 22.5 Å². The van der Waals surface area contributed by atoms with Gasteiger partial charge >= 0.3 is 0 Å². The van der Waals surface area contributed by atoms with E-state index in [1.54, 1.807) is 48.4 Å². The van der Waals surface area contributed by atoms with Gasteiger partial charge in [-0.25, -0.2) is 4.39 Å². The Labute approximate surface area is 204 Å². The molecule has 2 amide bonds. The van der Waals surface area contributed by atoms with Crippen molar-refractivity contribution in [3.63, 3.8) is 0 Å². The Hall–Kier alpha value is -3.71. The van der Waals surface area contributed by atoms with Crippen LogP contribution in [0.1, 0.15) is 34.3 Å². The number of ether oxygens (including phenoxy) is 2. The molecule has 1 saturated heterocycles. The Morgan fingerprint density at radius 3 is 2.60 bits per heavy atom. The van der Waals surface area contributed by atoms with Crippen molar-refractivity contribution in [2.24, 2.45) is 0 Å². The SMILES string of the molecule is COc1cccc(C(=O)N(Cc2ccc(F)cc2)c2cccc(CC(=O)NC[C@@H]3CCCO3)c2)c1. The van der Waals surface area contributed by atoms with Crippen molar-refractivity contribution in [2.45, 2.75) is 31.9 Å². The predicted octanol–water partition coefficient (Wildman–Crippen LogP) is 4.52. The molecule has 1 atom stereocenters. The molecule has 0 unspecified atom stereocenters. The van der Waals surface area contributed by atoms with E-state index in [9.17, 15) is 14.0 Å². The average Bonchev–Trinajstić information content (AvgIpc) is 3.41. The van der Waals surface area contributed by atoms with E-state index < -0.39 is 0 Å². The van der Waals surface area contributed by atoms with Gasteiger partial charge in [-0.3, -0.25) is 9.59 Å². The Balaban J connectivity index is 1.55. The number of amides is 2. The van der Waals surface area contributed by atoms with E-state index in [1.165, 1.54) is 12.1 Å². The molecule has 1 N–H and O–H groups in total. The van der Waals surface area contributed by atoms with Gasteiger partial charge in [0, 0.05) is 24.4 Å². The van der Waals surface area contributed by atoms with Crippen LogP contribution >= 0.6 is 0 Å². The van der Waals surface area contributed by atoms with E-state index in [0.29, 0.717) is 23.5 Å². The molecule has 1 aliphatic rings. The van der Waals surface area contributed by atoms with Crippen molar-refractivity contribution in [3.8, 4) is 5.75 Å². The summed E-state index contributed by atoms with van der Waals surface area (Å²) in [4.78, 5) is 27.7. The standard InChI is InChI=1S/C28H29FN2O4/c1-34-25-8-3-6-22(17-25)28(33)31(19-20-10-12-23(29)13-11-20)24-7-2-5-21(15-24)16-27(32)30-18-26-9-4-14-35-26/h2-3,5-8,10-13,15,17,26H,4,9,14,16,18-19H2,1H3,(H,30,32)/t26-/m0/s1. The van der Waals surface area contributed by atoms with Gasteiger partial charge in [0.1, 0.15) is 11.6 Å². The molecule has 35 heavy (non-hydrogen) atoms. The number of anilines is 1. The number of halogens is 1. The largest absolute Gasteiger partial charge is 0.497 e. The third-order valence-corrected chi connectivity index (χ3v) is 5.95. The molecule has 1 heterocycles. The van der Waals surface area contributed by atoms with Gasteiger partial charge in [-0.15, -0.1) is 0 Å². The highest BCUT2D eigenvalue weighted by molar-refractivity contribution is 6.06. The first-order valence-electron chi connectivity index (χ1n) is 11.7. The van der Waals surface area contributed by atoms with Gasteiger partial charge in [0.2, 0.25) is 5.91 Å². The number of hydrogen-bond acceptors (Lipinski definition) is 4. The third kappa shape index (κ3) is 6.67. The zero-order valence-electron chi connectivity index (χ0n) is 19.7. The van der Waals surface area contributed by atoms with Crippen LogP contribution in [-0.4, -0.2) is 38.2 Å². The zero-order valence-corrected chi connectivity index (χ0v) is 19.7. The van der Waals surface area contributed by atoms with Crippen molar-refractivity contribution >= 4 is 17.5 Å². The molecule has 1 aliphatic heterocycles. The fourth-order valence-electron chi connectivity index (χ4n) is 4.08. The normalized spacial score (nSPS) is 15.0. The summed E-state index contributed by atoms with van der Waals surface area (Å²) in [6, 6.07) is 20.4. The van der Waals surface area contributed by atoms with Gasteiger partial charge in [-0.1, -0.05) is 30.3 Å². The molecule has 7 heteroatoms. The lowest BCUT2D eigenvalue weighted by Crippen LogP contribution is -2.33. The lowest BCUT2D eigenvalue weighted by molar-refractivity contribution is -0.120. The first-order valence-corrected chi connectivity index (χ1v) is 11.7. The molecular formula is C28H29FN2O4. The highest BCUT2D eigenvalue weighted by Crippen LogP contribution is 2.24. The highest BCUT2D eigenvalue weighted by Gasteiger charge is 2.20. The van der Waals surface area contributed by atoms with Crippen LogP contribution in [0.4, 0.5) is 10.1 Å². The van der Waals surface area contributed by atoms with E-state index >= 15 is 0 Å². The van der Waals surface area contributed by atoms with Crippen molar-refractivity contribution < 1.29 is 23.5 Å². The number of methoxy groups -OCH3 is 1. The van der Waals surface area contributed by atoms with E-state index in [0.717, 1.165) is 30.6 Å². The van der Waals surface area contributed by atoms with Gasteiger partial charge in [-0.2, -0.15) is 0 Å². The molecule has 0 aliphatic carbocycles. The number of hydrogen-bond donors (Lipinski definition) is 1. The minimum absolute atomic E-state index is 0.0805. The summed E-state index contributed by atoms with van der Waals surface area (Å²) < 4.78 is 24.3. The fraction of sp³-hybridized carbons (Fsp3) is 0.286. The predicted molar refractivity (Wildman–Crippen MR) is 132 cm³/mol. The van der Waals surface area contributed by atoms with E-state index in [-0.39, 0.29) is 36.7 Å². The van der Waals surface area contributed by atoms with Crippen LogP contribution in [0, 0.1) is 5.82 Å². The monoisotopic (exact) mass is 476 g/mol. The maximum atomic E-state index is 13.6. The van der Waals surface area contributed by atoms with Crippen LogP contribution in [0.15, 0.2) is 72.8 Å². The van der Waals surface area contributed by atoms with Crippen molar-refractivity contribution in [1.82, 2.24) is 5.32 Å². The highest BCUT2D eigenvalue weighted by atomic mass is 19.1. The maximum Gasteiger partial charge on any atom is 0.258 e. The second-order valence-corrected chi connectivity index (χ2v) is 8.54. The summed E-state index contributed by atoms with van der Waals surface area (Å²) in [5.74, 6) is -0.0836. The second-order valence-electron chi connectivity index (χ2n) is 8.54. The minimum atomic E-state index is -0.338. The number of rotatable bonds is 9. The number of carbonyl (C=O) groups excluding carboxylic acids is 2. The number of benzene rings is 3. The van der Waals surface area contributed by atoms with E-state index in [4.69, 9.17) is 9.47 Å². The molecular weight excluding hydrogens is 447 g/mol. The Kier molecular flexibility index (Phi) is 8.11. The molecule has 0 radical (unpaired) electrons. The summed E-state index contributed by atoms with van der Waals surface area (Å²) in [5, 5.41) is 2.93. The summed E-state index contributed by atoms with van der Waals surface area (Å²) in [7, 11) is 1.55. The van der Waals surface area contributed by atoms with Crippen LogP contribution in [0.2, 0.25) is 0 Å². The van der Waals surface area contributed by atoms with Gasteiger partial charge in [0.05, 0.1) is 26.2 Å². The average molecular weight is 477 g/mol. The minimum Gasteiger partial charge on any atom is -0.497 e. The quantitative estimate of drug-likeness (QED) is 0.493. The number of nitrogens with zero attached hydrogens (tertiary/aromatic N) is 1. The van der Waals surface area contributed by atoms with Gasteiger partial charge in [-0.05, 0) is 66.4 Å². The van der Waals surface area contributed by atoms with E-state index in [1.807, 2.05) is 24.3 Å². The first kappa shape index (κ1) is 24.4.